The van der Waals surface area contributed by atoms with Crippen molar-refractivity contribution in [2.75, 3.05) is 0 Å². The second-order valence-electron chi connectivity index (χ2n) is 4.74. The summed E-state index contributed by atoms with van der Waals surface area (Å²) in [5.74, 6) is 0. The zero-order chi connectivity index (χ0) is 9.35. The third-order valence-electron chi connectivity index (χ3n) is 2.29. The van der Waals surface area contributed by atoms with Crippen molar-refractivity contribution in [1.29, 1.82) is 0 Å². The smallest absolute Gasteiger partial charge is 0.155 e. The van der Waals surface area contributed by atoms with Gasteiger partial charge in [-0.3, -0.25) is 0 Å². The van der Waals surface area contributed by atoms with Crippen LogP contribution in [0.3, 0.4) is 0 Å². The summed E-state index contributed by atoms with van der Waals surface area (Å²) in [6.07, 6.45) is 1.63. The van der Waals surface area contributed by atoms with Crippen molar-refractivity contribution >= 4 is 0 Å². The molecule has 0 bridgehead atoms. The third-order valence-corrected chi connectivity index (χ3v) is 2.29. The molecular formula is C10H20O2. The van der Waals surface area contributed by atoms with E-state index in [0.29, 0.717) is 12.2 Å². The van der Waals surface area contributed by atoms with Crippen LogP contribution in [0.5, 0.6) is 0 Å². The SMILES string of the molecule is CC1CC(C(C)(C)C)OC(C)O1. The molecule has 12 heavy (non-hydrogen) atoms. The van der Waals surface area contributed by atoms with Gasteiger partial charge in [-0.25, -0.2) is 0 Å². The van der Waals surface area contributed by atoms with Gasteiger partial charge in [0.1, 0.15) is 0 Å². The fourth-order valence-corrected chi connectivity index (χ4v) is 1.56. The Labute approximate surface area is 75.2 Å². The summed E-state index contributed by atoms with van der Waals surface area (Å²) >= 11 is 0. The van der Waals surface area contributed by atoms with E-state index >= 15 is 0 Å². The van der Waals surface area contributed by atoms with Gasteiger partial charge < -0.3 is 9.47 Å². The predicted molar refractivity (Wildman–Crippen MR) is 49.0 cm³/mol. The maximum absolute atomic E-state index is 5.70. The van der Waals surface area contributed by atoms with Crippen molar-refractivity contribution in [3.8, 4) is 0 Å². The van der Waals surface area contributed by atoms with Gasteiger partial charge in [0.2, 0.25) is 0 Å². The van der Waals surface area contributed by atoms with Gasteiger partial charge in [-0.1, -0.05) is 20.8 Å². The van der Waals surface area contributed by atoms with Crippen LogP contribution in [0.4, 0.5) is 0 Å². The number of rotatable bonds is 0. The summed E-state index contributed by atoms with van der Waals surface area (Å²) in [7, 11) is 0. The molecule has 0 spiro atoms. The Hall–Kier alpha value is -0.0800. The zero-order valence-corrected chi connectivity index (χ0v) is 8.76. The maximum Gasteiger partial charge on any atom is 0.155 e. The lowest BCUT2D eigenvalue weighted by Gasteiger charge is -2.39. The molecule has 0 saturated carbocycles. The van der Waals surface area contributed by atoms with Crippen molar-refractivity contribution in [2.45, 2.75) is 59.5 Å². The van der Waals surface area contributed by atoms with Crippen molar-refractivity contribution < 1.29 is 9.47 Å². The summed E-state index contributed by atoms with van der Waals surface area (Å²) < 4.78 is 11.2. The molecule has 1 heterocycles. The second-order valence-corrected chi connectivity index (χ2v) is 4.74. The van der Waals surface area contributed by atoms with Gasteiger partial charge in [0.15, 0.2) is 6.29 Å². The van der Waals surface area contributed by atoms with E-state index in [1.54, 1.807) is 0 Å². The topological polar surface area (TPSA) is 18.5 Å². The summed E-state index contributed by atoms with van der Waals surface area (Å²) in [5, 5.41) is 0. The van der Waals surface area contributed by atoms with Gasteiger partial charge in [0.05, 0.1) is 12.2 Å². The van der Waals surface area contributed by atoms with E-state index in [-0.39, 0.29) is 11.7 Å². The minimum Gasteiger partial charge on any atom is -0.350 e. The van der Waals surface area contributed by atoms with Crippen LogP contribution < -0.4 is 0 Å². The summed E-state index contributed by atoms with van der Waals surface area (Å²) in [5.41, 5.74) is 0.228. The molecule has 2 heteroatoms. The van der Waals surface area contributed by atoms with E-state index in [1.807, 2.05) is 6.92 Å². The minimum atomic E-state index is -0.0435. The molecule has 1 fully saturated rings. The van der Waals surface area contributed by atoms with Crippen molar-refractivity contribution in [2.24, 2.45) is 5.41 Å². The third kappa shape index (κ3) is 2.46. The number of hydrogen-bond donors (Lipinski definition) is 0. The Morgan fingerprint density at radius 3 is 2.08 bits per heavy atom. The van der Waals surface area contributed by atoms with Gasteiger partial charge in [0, 0.05) is 6.42 Å². The first-order chi connectivity index (χ1) is 5.39. The van der Waals surface area contributed by atoms with Crippen molar-refractivity contribution in [3.63, 3.8) is 0 Å². The number of ether oxygens (including phenoxy) is 2. The summed E-state index contributed by atoms with van der Waals surface area (Å²) in [6, 6.07) is 0. The van der Waals surface area contributed by atoms with Gasteiger partial charge >= 0.3 is 0 Å². The summed E-state index contributed by atoms with van der Waals surface area (Å²) in [4.78, 5) is 0. The van der Waals surface area contributed by atoms with Gasteiger partial charge in [-0.05, 0) is 19.3 Å². The fourth-order valence-electron chi connectivity index (χ4n) is 1.56. The van der Waals surface area contributed by atoms with Crippen LogP contribution in [0.1, 0.15) is 41.0 Å². The quantitative estimate of drug-likeness (QED) is 0.559. The Bertz CT molecular complexity index is 138. The van der Waals surface area contributed by atoms with E-state index in [4.69, 9.17) is 9.47 Å². The highest BCUT2D eigenvalue weighted by molar-refractivity contribution is 4.79. The average Bonchev–Trinajstić information content (AvgIpc) is 1.82. The summed E-state index contributed by atoms with van der Waals surface area (Å²) in [6.45, 7) is 10.7. The van der Waals surface area contributed by atoms with Crippen LogP contribution in [-0.2, 0) is 9.47 Å². The molecule has 3 atom stereocenters. The van der Waals surface area contributed by atoms with Crippen LogP contribution in [0.15, 0.2) is 0 Å². The van der Waals surface area contributed by atoms with Crippen LogP contribution in [0.25, 0.3) is 0 Å². The van der Waals surface area contributed by atoms with Crippen molar-refractivity contribution in [3.05, 3.63) is 0 Å². The predicted octanol–water partition coefficient (Wildman–Crippen LogP) is 2.57. The van der Waals surface area contributed by atoms with E-state index in [0.717, 1.165) is 6.42 Å². The molecular weight excluding hydrogens is 152 g/mol. The van der Waals surface area contributed by atoms with E-state index in [9.17, 15) is 0 Å². The zero-order valence-electron chi connectivity index (χ0n) is 8.76. The Morgan fingerprint density at radius 2 is 1.67 bits per heavy atom. The Balaban J connectivity index is 2.55. The molecule has 1 rings (SSSR count). The van der Waals surface area contributed by atoms with Crippen LogP contribution >= 0.6 is 0 Å². The molecule has 0 amide bonds. The maximum atomic E-state index is 5.70. The lowest BCUT2D eigenvalue weighted by Crippen LogP contribution is -2.42. The van der Waals surface area contributed by atoms with Gasteiger partial charge in [0.25, 0.3) is 0 Å². The van der Waals surface area contributed by atoms with E-state index < -0.39 is 0 Å². The first kappa shape index (κ1) is 10.0. The minimum absolute atomic E-state index is 0.0435. The molecule has 0 radical (unpaired) electrons. The molecule has 0 aliphatic carbocycles. The average molecular weight is 172 g/mol. The Kier molecular flexibility index (Phi) is 2.79. The van der Waals surface area contributed by atoms with E-state index in [1.165, 1.54) is 0 Å². The second kappa shape index (κ2) is 3.35. The standard InChI is InChI=1S/C10H20O2/c1-7-6-9(10(3,4)5)12-8(2)11-7/h7-9H,6H2,1-5H3. The van der Waals surface area contributed by atoms with Gasteiger partial charge in [-0.2, -0.15) is 0 Å². The molecule has 1 aliphatic heterocycles. The molecule has 0 aromatic carbocycles. The molecule has 0 N–H and O–H groups in total. The highest BCUT2D eigenvalue weighted by Crippen LogP contribution is 2.31. The molecule has 72 valence electrons. The van der Waals surface area contributed by atoms with E-state index in [2.05, 4.69) is 27.7 Å². The highest BCUT2D eigenvalue weighted by Gasteiger charge is 2.33. The molecule has 3 unspecified atom stereocenters. The lowest BCUT2D eigenvalue weighted by molar-refractivity contribution is -0.249. The van der Waals surface area contributed by atoms with Crippen molar-refractivity contribution in [1.82, 2.24) is 0 Å². The molecule has 0 aromatic heterocycles. The molecule has 1 aliphatic rings. The van der Waals surface area contributed by atoms with Crippen LogP contribution in [0.2, 0.25) is 0 Å². The first-order valence-electron chi connectivity index (χ1n) is 4.70. The number of hydrogen-bond acceptors (Lipinski definition) is 2. The fraction of sp³-hybridized carbons (Fsp3) is 1.00. The van der Waals surface area contributed by atoms with Crippen LogP contribution in [0, 0.1) is 5.41 Å². The van der Waals surface area contributed by atoms with Crippen LogP contribution in [-0.4, -0.2) is 18.5 Å². The Morgan fingerprint density at radius 1 is 1.08 bits per heavy atom. The molecule has 0 aromatic rings. The largest absolute Gasteiger partial charge is 0.350 e. The normalized spacial score (nSPS) is 38.2. The molecule has 2 nitrogen and oxygen atoms in total. The highest BCUT2D eigenvalue weighted by atomic mass is 16.7. The molecule has 1 saturated heterocycles. The van der Waals surface area contributed by atoms with Gasteiger partial charge in [-0.15, -0.1) is 0 Å². The first-order valence-corrected chi connectivity index (χ1v) is 4.70. The lowest BCUT2D eigenvalue weighted by atomic mass is 9.85. The monoisotopic (exact) mass is 172 g/mol.